The van der Waals surface area contributed by atoms with Crippen LogP contribution in [0.2, 0.25) is 0 Å². The average molecular weight is 482 g/mol. The van der Waals surface area contributed by atoms with Crippen molar-refractivity contribution >= 4 is 39.5 Å². The summed E-state index contributed by atoms with van der Waals surface area (Å²) in [6, 6.07) is 22.7. The van der Waals surface area contributed by atoms with E-state index in [2.05, 4.69) is 26.2 Å². The number of halogens is 1. The standard InChI is InChI=1S/C23H20BrN3O2S/c24-21-12-6-11-20(26-21)22(28)25-13-17-14-30-15-27(17)23(29)19-10-5-4-9-18(19)16-7-2-1-3-8-16/h1-12,17H,13-15H2,(H,25,28)/t17-/m1/s1. The molecule has 1 aliphatic heterocycles. The van der Waals surface area contributed by atoms with Gasteiger partial charge in [-0.05, 0) is 45.3 Å². The third-order valence-electron chi connectivity index (χ3n) is 4.93. The molecule has 152 valence electrons. The molecule has 1 aliphatic rings. The second-order valence-corrected chi connectivity index (χ2v) is 8.71. The number of rotatable bonds is 5. The number of carbonyl (C=O) groups excluding carboxylic acids is 2. The number of aromatic nitrogens is 1. The Hall–Kier alpha value is -2.64. The molecule has 5 nitrogen and oxygen atoms in total. The minimum Gasteiger partial charge on any atom is -0.349 e. The van der Waals surface area contributed by atoms with Crippen LogP contribution < -0.4 is 5.32 Å². The second kappa shape index (κ2) is 9.45. The van der Waals surface area contributed by atoms with Crippen LogP contribution in [0.3, 0.4) is 0 Å². The molecule has 0 unspecified atom stereocenters. The number of nitrogens with zero attached hydrogens (tertiary/aromatic N) is 2. The summed E-state index contributed by atoms with van der Waals surface area (Å²) in [5, 5.41) is 2.92. The molecule has 2 amide bonds. The smallest absolute Gasteiger partial charge is 0.269 e. The fourth-order valence-corrected chi connectivity index (χ4v) is 4.95. The lowest BCUT2D eigenvalue weighted by Gasteiger charge is -2.25. The average Bonchev–Trinajstić information content (AvgIpc) is 3.26. The molecule has 3 aromatic rings. The normalized spacial score (nSPS) is 15.8. The van der Waals surface area contributed by atoms with Gasteiger partial charge in [0.15, 0.2) is 0 Å². The van der Waals surface area contributed by atoms with Crippen molar-refractivity contribution in [2.45, 2.75) is 6.04 Å². The van der Waals surface area contributed by atoms with E-state index < -0.39 is 0 Å². The van der Waals surface area contributed by atoms with Gasteiger partial charge in [-0.1, -0.05) is 54.6 Å². The summed E-state index contributed by atoms with van der Waals surface area (Å²) in [6.45, 7) is 0.388. The molecule has 30 heavy (non-hydrogen) atoms. The van der Waals surface area contributed by atoms with Crippen molar-refractivity contribution in [1.82, 2.24) is 15.2 Å². The zero-order chi connectivity index (χ0) is 20.9. The first kappa shape index (κ1) is 20.6. The molecule has 0 radical (unpaired) electrons. The Morgan fingerprint density at radius 2 is 1.80 bits per heavy atom. The zero-order valence-electron chi connectivity index (χ0n) is 16.1. The van der Waals surface area contributed by atoms with Crippen LogP contribution >= 0.6 is 27.7 Å². The lowest BCUT2D eigenvalue weighted by atomic mass is 9.98. The van der Waals surface area contributed by atoms with Crippen molar-refractivity contribution < 1.29 is 9.59 Å². The minimum atomic E-state index is -0.245. The number of amides is 2. The fourth-order valence-electron chi connectivity index (χ4n) is 3.41. The Morgan fingerprint density at radius 3 is 2.60 bits per heavy atom. The third kappa shape index (κ3) is 4.57. The maximum absolute atomic E-state index is 13.4. The topological polar surface area (TPSA) is 62.3 Å². The van der Waals surface area contributed by atoms with Crippen LogP contribution in [0.15, 0.2) is 77.4 Å². The molecule has 7 heteroatoms. The molecule has 2 aromatic carbocycles. The lowest BCUT2D eigenvalue weighted by Crippen LogP contribution is -2.44. The molecule has 1 fully saturated rings. The van der Waals surface area contributed by atoms with Gasteiger partial charge in [0.2, 0.25) is 0 Å². The SMILES string of the molecule is O=C(NC[C@@H]1CSCN1C(=O)c1ccccc1-c1ccccc1)c1cccc(Br)n1. The maximum atomic E-state index is 13.4. The highest BCUT2D eigenvalue weighted by Crippen LogP contribution is 2.28. The van der Waals surface area contributed by atoms with Crippen LogP contribution in [0.25, 0.3) is 11.1 Å². The van der Waals surface area contributed by atoms with E-state index in [1.807, 2.05) is 59.5 Å². The Labute approximate surface area is 188 Å². The van der Waals surface area contributed by atoms with Crippen molar-refractivity contribution in [3.8, 4) is 11.1 Å². The van der Waals surface area contributed by atoms with E-state index in [1.54, 1.807) is 30.0 Å². The van der Waals surface area contributed by atoms with E-state index in [1.165, 1.54) is 0 Å². The molecule has 4 rings (SSSR count). The zero-order valence-corrected chi connectivity index (χ0v) is 18.5. The number of benzene rings is 2. The van der Waals surface area contributed by atoms with Crippen molar-refractivity contribution in [2.75, 3.05) is 18.2 Å². The van der Waals surface area contributed by atoms with Gasteiger partial charge in [-0.15, -0.1) is 11.8 Å². The van der Waals surface area contributed by atoms with Crippen LogP contribution in [0.5, 0.6) is 0 Å². The summed E-state index contributed by atoms with van der Waals surface area (Å²) in [4.78, 5) is 31.9. The van der Waals surface area contributed by atoms with Crippen LogP contribution in [0, 0.1) is 0 Å². The third-order valence-corrected chi connectivity index (χ3v) is 6.45. The Balaban J connectivity index is 1.49. The molecule has 1 aromatic heterocycles. The molecule has 0 bridgehead atoms. The van der Waals surface area contributed by atoms with Crippen molar-refractivity contribution in [3.05, 3.63) is 88.7 Å². The number of pyridine rings is 1. The number of thioether (sulfide) groups is 1. The highest BCUT2D eigenvalue weighted by Gasteiger charge is 2.31. The van der Waals surface area contributed by atoms with Gasteiger partial charge in [-0.25, -0.2) is 4.98 Å². The summed E-state index contributed by atoms with van der Waals surface area (Å²) in [5.41, 5.74) is 2.96. The summed E-state index contributed by atoms with van der Waals surface area (Å²) in [6.07, 6.45) is 0. The molecule has 0 saturated carbocycles. The van der Waals surface area contributed by atoms with Gasteiger partial charge >= 0.3 is 0 Å². The van der Waals surface area contributed by atoms with Gasteiger partial charge in [-0.2, -0.15) is 0 Å². The van der Waals surface area contributed by atoms with Gasteiger partial charge in [0.25, 0.3) is 11.8 Å². The van der Waals surface area contributed by atoms with Gasteiger partial charge in [-0.3, -0.25) is 9.59 Å². The molecule has 1 saturated heterocycles. The van der Waals surface area contributed by atoms with Gasteiger partial charge in [0.1, 0.15) is 10.3 Å². The molecule has 1 atom stereocenters. The Bertz CT molecular complexity index is 1060. The molecular weight excluding hydrogens is 462 g/mol. The summed E-state index contributed by atoms with van der Waals surface area (Å²) < 4.78 is 0.612. The van der Waals surface area contributed by atoms with Crippen molar-refractivity contribution in [1.29, 1.82) is 0 Å². The van der Waals surface area contributed by atoms with E-state index in [0.29, 0.717) is 28.3 Å². The van der Waals surface area contributed by atoms with E-state index in [4.69, 9.17) is 0 Å². The molecule has 1 N–H and O–H groups in total. The van der Waals surface area contributed by atoms with Crippen LogP contribution in [0.1, 0.15) is 20.8 Å². The predicted molar refractivity (Wildman–Crippen MR) is 123 cm³/mol. The minimum absolute atomic E-state index is 0.0146. The predicted octanol–water partition coefficient (Wildman–Crippen LogP) is 4.46. The highest BCUT2D eigenvalue weighted by atomic mass is 79.9. The largest absolute Gasteiger partial charge is 0.349 e. The summed E-state index contributed by atoms with van der Waals surface area (Å²) in [7, 11) is 0. The lowest BCUT2D eigenvalue weighted by molar-refractivity contribution is 0.0736. The molecule has 0 aliphatic carbocycles. The van der Waals surface area contributed by atoms with Gasteiger partial charge < -0.3 is 10.2 Å². The Kier molecular flexibility index (Phi) is 6.50. The van der Waals surface area contributed by atoms with Crippen LogP contribution in [-0.2, 0) is 0 Å². The van der Waals surface area contributed by atoms with Crippen molar-refractivity contribution in [3.63, 3.8) is 0 Å². The van der Waals surface area contributed by atoms with Gasteiger partial charge in [0.05, 0.1) is 11.9 Å². The summed E-state index contributed by atoms with van der Waals surface area (Å²) in [5.74, 6) is 1.13. The molecule has 0 spiro atoms. The molecule has 2 heterocycles. The number of carbonyl (C=O) groups is 2. The Morgan fingerprint density at radius 1 is 1.03 bits per heavy atom. The van der Waals surface area contributed by atoms with E-state index in [-0.39, 0.29) is 17.9 Å². The number of hydrogen-bond acceptors (Lipinski definition) is 4. The first-order valence-corrected chi connectivity index (χ1v) is 11.5. The van der Waals surface area contributed by atoms with Crippen molar-refractivity contribution in [2.24, 2.45) is 0 Å². The second-order valence-electron chi connectivity index (χ2n) is 6.90. The van der Waals surface area contributed by atoms with Crippen LogP contribution in [-0.4, -0.2) is 45.9 Å². The van der Waals surface area contributed by atoms with E-state index in [9.17, 15) is 9.59 Å². The maximum Gasteiger partial charge on any atom is 0.269 e. The van der Waals surface area contributed by atoms with E-state index in [0.717, 1.165) is 16.9 Å². The number of hydrogen-bond donors (Lipinski definition) is 1. The van der Waals surface area contributed by atoms with E-state index >= 15 is 0 Å². The highest BCUT2D eigenvalue weighted by molar-refractivity contribution is 9.10. The first-order chi connectivity index (χ1) is 14.6. The molecular formula is C23H20BrN3O2S. The van der Waals surface area contributed by atoms with Crippen LogP contribution in [0.4, 0.5) is 0 Å². The first-order valence-electron chi connectivity index (χ1n) is 9.57. The summed E-state index contributed by atoms with van der Waals surface area (Å²) >= 11 is 4.98. The number of nitrogens with one attached hydrogen (secondary N) is 1. The quantitative estimate of drug-likeness (QED) is 0.546. The monoisotopic (exact) mass is 481 g/mol. The fraction of sp³-hybridized carbons (Fsp3) is 0.174. The van der Waals surface area contributed by atoms with Gasteiger partial charge in [0, 0.05) is 17.9 Å².